The van der Waals surface area contributed by atoms with E-state index in [0.29, 0.717) is 50.4 Å². The number of ether oxygens (including phenoxy) is 2. The summed E-state index contributed by atoms with van der Waals surface area (Å²) in [4.78, 5) is 26.9. The van der Waals surface area contributed by atoms with Gasteiger partial charge in [-0.15, -0.1) is 0 Å². The molecule has 0 aromatic heterocycles. The molecule has 168 valence electrons. The number of carbonyl (C=O) groups is 2. The highest BCUT2D eigenvalue weighted by atomic mass is 79.9. The zero-order valence-electron chi connectivity index (χ0n) is 17.6. The molecule has 8 heteroatoms. The Morgan fingerprint density at radius 1 is 1.03 bits per heavy atom. The van der Waals surface area contributed by atoms with Crippen LogP contribution in [0.2, 0.25) is 5.02 Å². The van der Waals surface area contributed by atoms with Crippen LogP contribution in [0.15, 0.2) is 76.1 Å². The van der Waals surface area contributed by atoms with Crippen molar-refractivity contribution in [3.63, 3.8) is 0 Å². The van der Waals surface area contributed by atoms with Crippen LogP contribution in [0.3, 0.4) is 0 Å². The molecule has 0 atom stereocenters. The van der Waals surface area contributed by atoms with Crippen molar-refractivity contribution in [1.82, 2.24) is 0 Å². The van der Waals surface area contributed by atoms with E-state index < -0.39 is 11.1 Å². The molecule has 1 saturated heterocycles. The summed E-state index contributed by atoms with van der Waals surface area (Å²) < 4.78 is 12.5. The van der Waals surface area contributed by atoms with E-state index in [0.717, 1.165) is 22.2 Å². The summed E-state index contributed by atoms with van der Waals surface area (Å²) >= 11 is 10.6. The number of anilines is 1. The number of nitrogens with zero attached hydrogens (tertiary/aromatic N) is 1. The highest BCUT2D eigenvalue weighted by molar-refractivity contribution is 9.10. The Hall–Kier alpha value is -2.74. The van der Waals surface area contributed by atoms with Crippen LogP contribution >= 0.6 is 39.3 Å². The van der Waals surface area contributed by atoms with Gasteiger partial charge in [0.2, 0.25) is 0 Å². The number of benzene rings is 3. The molecule has 4 rings (SSSR count). The lowest BCUT2D eigenvalue weighted by Gasteiger charge is -2.15. The average molecular weight is 545 g/mol. The predicted octanol–water partition coefficient (Wildman–Crippen LogP) is 7.32. The van der Waals surface area contributed by atoms with Gasteiger partial charge in [-0.1, -0.05) is 54.1 Å². The molecule has 0 spiro atoms. The van der Waals surface area contributed by atoms with Gasteiger partial charge in [-0.3, -0.25) is 9.59 Å². The molecule has 33 heavy (non-hydrogen) atoms. The highest BCUT2D eigenvalue weighted by Gasteiger charge is 2.37. The summed E-state index contributed by atoms with van der Waals surface area (Å²) in [6.45, 7) is 2.71. The third-order valence-electron chi connectivity index (χ3n) is 4.74. The van der Waals surface area contributed by atoms with Gasteiger partial charge in [0.25, 0.3) is 11.1 Å². The lowest BCUT2D eigenvalue weighted by molar-refractivity contribution is -0.113. The standard InChI is InChI=1S/C25H19BrClNO4S/c1-2-31-21-13-17(12-18(26)23(21)32-15-16-8-4-3-5-9-16)14-22-24(29)28(25(30)33-22)20-11-7-6-10-19(20)27/h3-14H,2,15H2,1H3/b22-14-. The van der Waals surface area contributed by atoms with E-state index >= 15 is 0 Å². The molecule has 0 aliphatic carbocycles. The van der Waals surface area contributed by atoms with Gasteiger partial charge in [0, 0.05) is 0 Å². The van der Waals surface area contributed by atoms with Crippen LogP contribution in [0.1, 0.15) is 18.1 Å². The summed E-state index contributed by atoms with van der Waals surface area (Å²) in [5.41, 5.74) is 2.09. The van der Waals surface area contributed by atoms with Gasteiger partial charge in [-0.25, -0.2) is 4.90 Å². The molecule has 0 saturated carbocycles. The van der Waals surface area contributed by atoms with Crippen molar-refractivity contribution in [3.05, 3.63) is 92.3 Å². The maximum atomic E-state index is 13.0. The van der Waals surface area contributed by atoms with Crippen molar-refractivity contribution in [2.45, 2.75) is 13.5 Å². The second-order valence-electron chi connectivity index (χ2n) is 7.01. The molecule has 0 radical (unpaired) electrons. The molecule has 1 aliphatic rings. The SMILES string of the molecule is CCOc1cc(/C=C2\SC(=O)N(c3ccccc3Cl)C2=O)cc(Br)c1OCc1ccccc1. The Bertz CT molecular complexity index is 1230. The molecule has 0 bridgehead atoms. The molecule has 3 aromatic carbocycles. The number of hydrogen-bond donors (Lipinski definition) is 0. The van der Waals surface area contributed by atoms with Crippen molar-refractivity contribution in [3.8, 4) is 11.5 Å². The molecule has 3 aromatic rings. The van der Waals surface area contributed by atoms with E-state index in [1.807, 2.05) is 43.3 Å². The number of thioether (sulfide) groups is 1. The van der Waals surface area contributed by atoms with Crippen LogP contribution in [0.5, 0.6) is 11.5 Å². The van der Waals surface area contributed by atoms with Crippen LogP contribution in [-0.2, 0) is 11.4 Å². The van der Waals surface area contributed by atoms with Crippen LogP contribution in [0.4, 0.5) is 10.5 Å². The van der Waals surface area contributed by atoms with Gasteiger partial charge in [0.15, 0.2) is 11.5 Å². The monoisotopic (exact) mass is 543 g/mol. The minimum atomic E-state index is -0.420. The lowest BCUT2D eigenvalue weighted by Crippen LogP contribution is -2.27. The third kappa shape index (κ3) is 5.27. The number of carbonyl (C=O) groups excluding carboxylic acids is 2. The molecule has 5 nitrogen and oxygen atoms in total. The molecule has 1 heterocycles. The zero-order valence-corrected chi connectivity index (χ0v) is 20.7. The first kappa shape index (κ1) is 23.4. The Morgan fingerprint density at radius 3 is 2.48 bits per heavy atom. The Balaban J connectivity index is 1.62. The molecule has 0 unspecified atom stereocenters. The number of amides is 2. The number of imide groups is 1. The van der Waals surface area contributed by atoms with E-state index in [1.165, 1.54) is 0 Å². The first-order valence-corrected chi connectivity index (χ1v) is 12.1. The second kappa shape index (κ2) is 10.5. The highest BCUT2D eigenvalue weighted by Crippen LogP contribution is 2.41. The molecular formula is C25H19BrClNO4S. The van der Waals surface area contributed by atoms with Crippen molar-refractivity contribution in [1.29, 1.82) is 0 Å². The van der Waals surface area contributed by atoms with Crippen molar-refractivity contribution in [2.75, 3.05) is 11.5 Å². The fraction of sp³-hybridized carbons (Fsp3) is 0.120. The van der Waals surface area contributed by atoms with Crippen LogP contribution in [0.25, 0.3) is 6.08 Å². The topological polar surface area (TPSA) is 55.8 Å². The third-order valence-corrected chi connectivity index (χ3v) is 6.52. The van der Waals surface area contributed by atoms with Gasteiger partial charge < -0.3 is 9.47 Å². The van der Waals surface area contributed by atoms with Gasteiger partial charge in [-0.05, 0) is 76.1 Å². The largest absolute Gasteiger partial charge is 0.490 e. The molecule has 1 fully saturated rings. The number of hydrogen-bond acceptors (Lipinski definition) is 5. The Labute approximate surface area is 209 Å². The van der Waals surface area contributed by atoms with E-state index in [-0.39, 0.29) is 0 Å². The average Bonchev–Trinajstić information content (AvgIpc) is 3.07. The van der Waals surface area contributed by atoms with Crippen molar-refractivity contribution >= 4 is 62.2 Å². The molecule has 1 aliphatic heterocycles. The van der Waals surface area contributed by atoms with E-state index in [1.54, 1.807) is 36.4 Å². The van der Waals surface area contributed by atoms with Gasteiger partial charge in [0.1, 0.15) is 6.61 Å². The lowest BCUT2D eigenvalue weighted by atomic mass is 10.1. The fourth-order valence-corrected chi connectivity index (χ4v) is 4.89. The first-order chi connectivity index (χ1) is 16.0. The van der Waals surface area contributed by atoms with Crippen LogP contribution < -0.4 is 14.4 Å². The van der Waals surface area contributed by atoms with Crippen LogP contribution in [0, 0.1) is 0 Å². The summed E-state index contributed by atoms with van der Waals surface area (Å²) in [6.07, 6.45) is 1.66. The van der Waals surface area contributed by atoms with Gasteiger partial charge in [0.05, 0.1) is 26.7 Å². The van der Waals surface area contributed by atoms with Gasteiger partial charge >= 0.3 is 0 Å². The maximum Gasteiger partial charge on any atom is 0.298 e. The smallest absolute Gasteiger partial charge is 0.298 e. The summed E-state index contributed by atoms with van der Waals surface area (Å²) in [7, 11) is 0. The Morgan fingerprint density at radius 2 is 1.76 bits per heavy atom. The fourth-order valence-electron chi connectivity index (χ4n) is 3.26. The predicted molar refractivity (Wildman–Crippen MR) is 136 cm³/mol. The molecule has 2 amide bonds. The minimum Gasteiger partial charge on any atom is -0.490 e. The minimum absolute atomic E-state index is 0.298. The Kier molecular flexibility index (Phi) is 7.42. The quantitative estimate of drug-likeness (QED) is 0.292. The normalized spacial score (nSPS) is 14.8. The number of rotatable bonds is 7. The maximum absolute atomic E-state index is 13.0. The number of para-hydroxylation sites is 1. The van der Waals surface area contributed by atoms with Crippen molar-refractivity contribution < 1.29 is 19.1 Å². The summed E-state index contributed by atoms with van der Waals surface area (Å²) in [6, 6.07) is 20.2. The summed E-state index contributed by atoms with van der Waals surface area (Å²) in [5.74, 6) is 0.693. The zero-order chi connectivity index (χ0) is 23.4. The van der Waals surface area contributed by atoms with Crippen LogP contribution in [-0.4, -0.2) is 17.8 Å². The summed E-state index contributed by atoms with van der Waals surface area (Å²) in [5, 5.41) is -0.0615. The second-order valence-corrected chi connectivity index (χ2v) is 9.26. The van der Waals surface area contributed by atoms with Crippen molar-refractivity contribution in [2.24, 2.45) is 0 Å². The molecule has 0 N–H and O–H groups in total. The van der Waals surface area contributed by atoms with E-state index in [4.69, 9.17) is 21.1 Å². The van der Waals surface area contributed by atoms with E-state index in [9.17, 15) is 9.59 Å². The molecular weight excluding hydrogens is 526 g/mol. The first-order valence-electron chi connectivity index (χ1n) is 10.1. The van der Waals surface area contributed by atoms with E-state index in [2.05, 4.69) is 15.9 Å². The number of halogens is 2. The van der Waals surface area contributed by atoms with Gasteiger partial charge in [-0.2, -0.15) is 0 Å².